The minimum Gasteiger partial charge on any atom is -0.352 e. The van der Waals surface area contributed by atoms with Crippen LogP contribution in [0.25, 0.3) is 0 Å². The Hall–Kier alpha value is -1.19. The van der Waals surface area contributed by atoms with E-state index in [1.165, 1.54) is 0 Å². The summed E-state index contributed by atoms with van der Waals surface area (Å²) in [5.74, 6) is 0.963. The molecular formula is C14H16O3. The number of hydrogen-bond acceptors (Lipinski definition) is 3. The molecule has 17 heavy (non-hydrogen) atoms. The van der Waals surface area contributed by atoms with Gasteiger partial charge in [0.2, 0.25) is 0 Å². The van der Waals surface area contributed by atoms with Crippen molar-refractivity contribution in [1.29, 1.82) is 0 Å². The smallest absolute Gasteiger partial charge is 0.163 e. The van der Waals surface area contributed by atoms with Crippen LogP contribution >= 0.6 is 0 Å². The van der Waals surface area contributed by atoms with Gasteiger partial charge in [0.1, 0.15) is 0 Å². The second kappa shape index (κ2) is 4.59. The molecule has 0 radical (unpaired) electrons. The predicted octanol–water partition coefficient (Wildman–Crippen LogP) is 2.27. The van der Waals surface area contributed by atoms with Gasteiger partial charge in [-0.1, -0.05) is 30.3 Å². The molecule has 90 valence electrons. The molecular weight excluding hydrogens is 216 g/mol. The summed E-state index contributed by atoms with van der Waals surface area (Å²) in [6.07, 6.45) is 1.55. The Morgan fingerprint density at radius 2 is 2.06 bits per heavy atom. The highest BCUT2D eigenvalue weighted by Gasteiger charge is 2.42. The fraction of sp³-hybridized carbons (Fsp3) is 0.500. The molecule has 3 heteroatoms. The van der Waals surface area contributed by atoms with E-state index < -0.39 is 0 Å². The zero-order valence-corrected chi connectivity index (χ0v) is 9.67. The Kier molecular flexibility index (Phi) is 2.95. The summed E-state index contributed by atoms with van der Waals surface area (Å²) in [4.78, 5) is 12.1. The zero-order valence-electron chi connectivity index (χ0n) is 9.67. The number of rotatable bonds is 3. The average Bonchev–Trinajstić information content (AvgIpc) is 2.95. The maximum absolute atomic E-state index is 12.1. The standard InChI is InChI=1S/C14H16O3/c15-13(10-4-2-1-3-5-10)8-11-9-17-14-12(11)6-7-16-14/h1-5,11-12,14H,6-9H2/t11-,12-,14+/m1/s1. The second-order valence-electron chi connectivity index (χ2n) is 4.78. The number of carbonyl (C=O) groups excluding carboxylic acids is 1. The van der Waals surface area contributed by atoms with E-state index in [1.54, 1.807) is 0 Å². The molecule has 0 amide bonds. The van der Waals surface area contributed by atoms with Crippen molar-refractivity contribution in [3.63, 3.8) is 0 Å². The molecule has 0 aromatic heterocycles. The number of carbonyl (C=O) groups is 1. The first-order valence-electron chi connectivity index (χ1n) is 6.16. The third-order valence-corrected chi connectivity index (χ3v) is 3.71. The van der Waals surface area contributed by atoms with Crippen molar-refractivity contribution in [3.8, 4) is 0 Å². The van der Waals surface area contributed by atoms with Crippen LogP contribution in [0.5, 0.6) is 0 Å². The van der Waals surface area contributed by atoms with Gasteiger partial charge in [0, 0.05) is 17.9 Å². The zero-order chi connectivity index (χ0) is 11.7. The summed E-state index contributed by atoms with van der Waals surface area (Å²) in [7, 11) is 0. The first-order valence-corrected chi connectivity index (χ1v) is 6.16. The lowest BCUT2D eigenvalue weighted by molar-refractivity contribution is -0.0905. The van der Waals surface area contributed by atoms with Gasteiger partial charge in [-0.2, -0.15) is 0 Å². The fourth-order valence-electron chi connectivity index (χ4n) is 2.74. The lowest BCUT2D eigenvalue weighted by Crippen LogP contribution is -2.18. The third kappa shape index (κ3) is 2.13. The molecule has 3 nitrogen and oxygen atoms in total. The minimum absolute atomic E-state index is 0.0522. The van der Waals surface area contributed by atoms with Crippen LogP contribution in [0.3, 0.4) is 0 Å². The second-order valence-corrected chi connectivity index (χ2v) is 4.78. The Labute approximate surface area is 101 Å². The van der Waals surface area contributed by atoms with Crippen LogP contribution in [0.1, 0.15) is 23.2 Å². The van der Waals surface area contributed by atoms with Gasteiger partial charge in [-0.25, -0.2) is 0 Å². The SMILES string of the molecule is O=C(C[C@@H]1CO[C@@H]2OCC[C@H]12)c1ccccc1. The topological polar surface area (TPSA) is 35.5 Å². The summed E-state index contributed by atoms with van der Waals surface area (Å²) < 4.78 is 11.0. The highest BCUT2D eigenvalue weighted by Crippen LogP contribution is 2.37. The van der Waals surface area contributed by atoms with Crippen molar-refractivity contribution in [3.05, 3.63) is 35.9 Å². The Bertz CT molecular complexity index is 401. The number of ketones is 1. The maximum Gasteiger partial charge on any atom is 0.163 e. The van der Waals surface area contributed by atoms with Gasteiger partial charge >= 0.3 is 0 Å². The van der Waals surface area contributed by atoms with Crippen molar-refractivity contribution in [2.75, 3.05) is 13.2 Å². The fourth-order valence-corrected chi connectivity index (χ4v) is 2.74. The maximum atomic E-state index is 12.1. The number of benzene rings is 1. The van der Waals surface area contributed by atoms with E-state index >= 15 is 0 Å². The molecule has 1 aromatic rings. The summed E-state index contributed by atoms with van der Waals surface area (Å²) in [5.41, 5.74) is 0.801. The molecule has 0 unspecified atom stereocenters. The molecule has 0 saturated carbocycles. The first-order chi connectivity index (χ1) is 8.34. The van der Waals surface area contributed by atoms with E-state index in [2.05, 4.69) is 0 Å². The van der Waals surface area contributed by atoms with Crippen LogP contribution in [0.15, 0.2) is 30.3 Å². The van der Waals surface area contributed by atoms with Gasteiger partial charge in [-0.05, 0) is 12.3 Å². The largest absolute Gasteiger partial charge is 0.352 e. The van der Waals surface area contributed by atoms with Crippen LogP contribution in [0.2, 0.25) is 0 Å². The van der Waals surface area contributed by atoms with Crippen molar-refractivity contribution >= 4 is 5.78 Å². The lowest BCUT2D eigenvalue weighted by atomic mass is 9.88. The molecule has 2 heterocycles. The van der Waals surface area contributed by atoms with E-state index in [0.717, 1.165) is 18.6 Å². The number of hydrogen-bond donors (Lipinski definition) is 0. The molecule has 2 aliphatic heterocycles. The summed E-state index contributed by atoms with van der Waals surface area (Å²) in [6.45, 7) is 1.43. The van der Waals surface area contributed by atoms with Gasteiger partial charge in [0.05, 0.1) is 13.2 Å². The van der Waals surface area contributed by atoms with Crippen molar-refractivity contribution < 1.29 is 14.3 Å². The van der Waals surface area contributed by atoms with E-state index in [0.29, 0.717) is 24.9 Å². The molecule has 0 aliphatic carbocycles. The van der Waals surface area contributed by atoms with E-state index in [4.69, 9.17) is 9.47 Å². The number of Topliss-reactive ketones (excluding diaryl/α,β-unsaturated/α-hetero) is 1. The summed E-state index contributed by atoms with van der Waals surface area (Å²) >= 11 is 0. The van der Waals surface area contributed by atoms with Crippen LogP contribution < -0.4 is 0 Å². The highest BCUT2D eigenvalue weighted by atomic mass is 16.7. The molecule has 3 atom stereocenters. The van der Waals surface area contributed by atoms with E-state index in [-0.39, 0.29) is 12.1 Å². The summed E-state index contributed by atoms with van der Waals surface area (Å²) in [6, 6.07) is 9.48. The molecule has 1 aromatic carbocycles. The van der Waals surface area contributed by atoms with Gasteiger partial charge in [0.15, 0.2) is 12.1 Å². The highest BCUT2D eigenvalue weighted by molar-refractivity contribution is 5.96. The number of ether oxygens (including phenoxy) is 2. The van der Waals surface area contributed by atoms with Gasteiger partial charge in [-0.3, -0.25) is 4.79 Å². The van der Waals surface area contributed by atoms with Crippen LogP contribution in [0.4, 0.5) is 0 Å². The molecule has 0 N–H and O–H groups in total. The van der Waals surface area contributed by atoms with E-state index in [1.807, 2.05) is 30.3 Å². The molecule has 2 aliphatic rings. The monoisotopic (exact) mass is 232 g/mol. The van der Waals surface area contributed by atoms with Gasteiger partial charge in [0.25, 0.3) is 0 Å². The molecule has 0 spiro atoms. The van der Waals surface area contributed by atoms with Crippen LogP contribution in [0, 0.1) is 11.8 Å². The predicted molar refractivity (Wildman–Crippen MR) is 62.7 cm³/mol. The number of fused-ring (bicyclic) bond motifs is 1. The minimum atomic E-state index is -0.0522. The van der Waals surface area contributed by atoms with Crippen molar-refractivity contribution in [2.45, 2.75) is 19.1 Å². The molecule has 2 fully saturated rings. The van der Waals surface area contributed by atoms with Crippen molar-refractivity contribution in [1.82, 2.24) is 0 Å². The van der Waals surface area contributed by atoms with Gasteiger partial charge < -0.3 is 9.47 Å². The Balaban J connectivity index is 1.66. The molecule has 0 bridgehead atoms. The quantitative estimate of drug-likeness (QED) is 0.750. The first kappa shape index (κ1) is 10.9. The lowest BCUT2D eigenvalue weighted by Gasteiger charge is -2.13. The third-order valence-electron chi connectivity index (χ3n) is 3.71. The van der Waals surface area contributed by atoms with Crippen LogP contribution in [-0.4, -0.2) is 25.3 Å². The molecule has 2 saturated heterocycles. The summed E-state index contributed by atoms with van der Waals surface area (Å²) in [5, 5.41) is 0. The molecule has 3 rings (SSSR count). The Morgan fingerprint density at radius 3 is 2.88 bits per heavy atom. The Morgan fingerprint density at radius 1 is 1.24 bits per heavy atom. The van der Waals surface area contributed by atoms with E-state index in [9.17, 15) is 4.79 Å². The van der Waals surface area contributed by atoms with Crippen molar-refractivity contribution in [2.24, 2.45) is 11.8 Å². The van der Waals surface area contributed by atoms with Crippen LogP contribution in [-0.2, 0) is 9.47 Å². The van der Waals surface area contributed by atoms with Gasteiger partial charge in [-0.15, -0.1) is 0 Å². The normalized spacial score (nSPS) is 31.4. The average molecular weight is 232 g/mol.